The molecular weight excluding hydrogens is 464 g/mol. The standard InChI is InChI=1S/C27H26N2O5S/c30-25(29-13-11-17(12-14-29)26(31)32)24(23-10-5-15-35-23)28-27(33)34-16-22-20-8-3-1-6-18(20)19-7-2-4-9-21(19)22/h1-10,15,17,22,24H,11-14,16H2,(H,28,33)(H,31,32). The quantitative estimate of drug-likeness (QED) is 0.524. The number of carbonyl (C=O) groups is 3. The lowest BCUT2D eigenvalue weighted by Gasteiger charge is -2.32. The van der Waals surface area contributed by atoms with Crippen LogP contribution in [0, 0.1) is 5.92 Å². The number of ether oxygens (including phenoxy) is 1. The minimum atomic E-state index is -0.868. The molecule has 1 unspecified atom stereocenters. The molecule has 8 heteroatoms. The van der Waals surface area contributed by atoms with E-state index in [1.807, 2.05) is 35.7 Å². The Kier molecular flexibility index (Phi) is 6.55. The van der Waals surface area contributed by atoms with E-state index >= 15 is 0 Å². The minimum absolute atomic E-state index is 0.0703. The van der Waals surface area contributed by atoms with Crippen molar-refractivity contribution in [2.24, 2.45) is 5.92 Å². The normalized spacial score (nSPS) is 16.3. The van der Waals surface area contributed by atoms with E-state index in [9.17, 15) is 19.5 Å². The Morgan fingerprint density at radius 1 is 0.971 bits per heavy atom. The van der Waals surface area contributed by atoms with Gasteiger partial charge in [-0.25, -0.2) is 4.79 Å². The first-order chi connectivity index (χ1) is 17.0. The number of fused-ring (bicyclic) bond motifs is 3. The first-order valence-corrected chi connectivity index (χ1v) is 12.6. The molecule has 1 saturated heterocycles. The Morgan fingerprint density at radius 2 is 1.60 bits per heavy atom. The number of nitrogens with zero attached hydrogens (tertiary/aromatic N) is 1. The van der Waals surface area contributed by atoms with E-state index in [0.717, 1.165) is 22.3 Å². The summed E-state index contributed by atoms with van der Waals surface area (Å²) in [6, 6.07) is 19.0. The molecule has 180 valence electrons. The number of likely N-dealkylation sites (tertiary alicyclic amines) is 1. The summed E-state index contributed by atoms with van der Waals surface area (Å²) in [5.74, 6) is -1.58. The molecule has 0 spiro atoms. The molecule has 35 heavy (non-hydrogen) atoms. The van der Waals surface area contributed by atoms with Gasteiger partial charge in [-0.2, -0.15) is 0 Å². The van der Waals surface area contributed by atoms with Crippen LogP contribution in [0.3, 0.4) is 0 Å². The van der Waals surface area contributed by atoms with Crippen LogP contribution >= 0.6 is 11.3 Å². The van der Waals surface area contributed by atoms with Gasteiger partial charge in [0.15, 0.2) is 0 Å². The molecule has 0 saturated carbocycles. The molecule has 0 radical (unpaired) electrons. The lowest BCUT2D eigenvalue weighted by Crippen LogP contribution is -2.46. The summed E-state index contributed by atoms with van der Waals surface area (Å²) in [5, 5.41) is 13.9. The van der Waals surface area contributed by atoms with Crippen molar-refractivity contribution in [1.29, 1.82) is 0 Å². The summed E-state index contributed by atoms with van der Waals surface area (Å²) < 4.78 is 5.66. The number of rotatable bonds is 6. The van der Waals surface area contributed by atoms with Gasteiger partial charge in [0.05, 0.1) is 5.92 Å². The lowest BCUT2D eigenvalue weighted by atomic mass is 9.96. The molecule has 1 fully saturated rings. The van der Waals surface area contributed by atoms with Crippen molar-refractivity contribution >= 4 is 29.3 Å². The molecule has 1 aliphatic heterocycles. The van der Waals surface area contributed by atoms with Crippen LogP contribution in [0.4, 0.5) is 4.79 Å². The van der Waals surface area contributed by atoms with Crippen LogP contribution in [-0.2, 0) is 14.3 Å². The monoisotopic (exact) mass is 490 g/mol. The second-order valence-corrected chi connectivity index (χ2v) is 9.84. The van der Waals surface area contributed by atoms with Crippen molar-refractivity contribution in [3.63, 3.8) is 0 Å². The molecule has 2 aliphatic rings. The van der Waals surface area contributed by atoms with Gasteiger partial charge in [-0.1, -0.05) is 54.6 Å². The number of nitrogens with one attached hydrogen (secondary N) is 1. The number of piperidine rings is 1. The van der Waals surface area contributed by atoms with Crippen molar-refractivity contribution in [3.8, 4) is 11.1 Å². The molecular formula is C27H26N2O5S. The largest absolute Gasteiger partial charge is 0.481 e. The van der Waals surface area contributed by atoms with Crippen LogP contribution < -0.4 is 5.32 Å². The summed E-state index contributed by atoms with van der Waals surface area (Å²) >= 11 is 1.38. The highest BCUT2D eigenvalue weighted by molar-refractivity contribution is 7.10. The second-order valence-electron chi connectivity index (χ2n) is 8.86. The average molecular weight is 491 g/mol. The Morgan fingerprint density at radius 3 is 2.17 bits per heavy atom. The Hall–Kier alpha value is -3.65. The Labute approximate surface area is 207 Å². The summed E-state index contributed by atoms with van der Waals surface area (Å²) in [6.45, 7) is 0.864. The fourth-order valence-corrected chi connectivity index (χ4v) is 5.76. The number of carboxylic acids is 1. The number of hydrogen-bond acceptors (Lipinski definition) is 5. The summed E-state index contributed by atoms with van der Waals surface area (Å²) in [6.07, 6.45) is 0.158. The maximum atomic E-state index is 13.3. The highest BCUT2D eigenvalue weighted by atomic mass is 32.1. The molecule has 2 amide bonds. The van der Waals surface area contributed by atoms with Crippen LogP contribution in [-0.4, -0.2) is 47.7 Å². The van der Waals surface area contributed by atoms with E-state index in [2.05, 4.69) is 29.6 Å². The zero-order chi connectivity index (χ0) is 24.4. The first-order valence-electron chi connectivity index (χ1n) is 11.7. The maximum absolute atomic E-state index is 13.3. The van der Waals surface area contributed by atoms with Gasteiger partial charge in [-0.3, -0.25) is 9.59 Å². The number of alkyl carbamates (subject to hydrolysis) is 1. The van der Waals surface area contributed by atoms with Crippen LogP contribution in [0.2, 0.25) is 0 Å². The zero-order valence-electron chi connectivity index (χ0n) is 19.1. The topological polar surface area (TPSA) is 95.9 Å². The predicted octanol–water partition coefficient (Wildman–Crippen LogP) is 4.65. The number of thiophene rings is 1. The zero-order valence-corrected chi connectivity index (χ0v) is 19.9. The third-order valence-corrected chi connectivity index (χ3v) is 7.77. The van der Waals surface area contributed by atoms with Crippen molar-refractivity contribution in [3.05, 3.63) is 82.0 Å². The van der Waals surface area contributed by atoms with Crippen molar-refractivity contribution in [1.82, 2.24) is 10.2 Å². The molecule has 2 heterocycles. The van der Waals surface area contributed by atoms with Crippen LogP contribution in [0.5, 0.6) is 0 Å². The first kappa shape index (κ1) is 23.1. The number of hydrogen-bond donors (Lipinski definition) is 2. The Bertz CT molecular complexity index is 1190. The van der Waals surface area contributed by atoms with Gasteiger partial charge < -0.3 is 20.1 Å². The van der Waals surface area contributed by atoms with Gasteiger partial charge >= 0.3 is 12.1 Å². The average Bonchev–Trinajstić information content (AvgIpc) is 3.52. The van der Waals surface area contributed by atoms with Gasteiger partial charge in [0, 0.05) is 23.9 Å². The summed E-state index contributed by atoms with van der Waals surface area (Å²) in [7, 11) is 0. The number of benzene rings is 2. The number of amides is 2. The van der Waals surface area contributed by atoms with E-state index in [1.54, 1.807) is 11.0 Å². The molecule has 5 rings (SSSR count). The lowest BCUT2D eigenvalue weighted by molar-refractivity contribution is -0.146. The van der Waals surface area contributed by atoms with Gasteiger partial charge in [0.25, 0.3) is 5.91 Å². The van der Waals surface area contributed by atoms with Crippen LogP contribution in [0.1, 0.15) is 40.8 Å². The van der Waals surface area contributed by atoms with Crippen molar-refractivity contribution in [2.75, 3.05) is 19.7 Å². The molecule has 1 aromatic heterocycles. The molecule has 2 aromatic carbocycles. The van der Waals surface area contributed by atoms with E-state index in [0.29, 0.717) is 30.8 Å². The predicted molar refractivity (Wildman–Crippen MR) is 132 cm³/mol. The molecule has 7 nitrogen and oxygen atoms in total. The number of aliphatic carboxylic acids is 1. The van der Waals surface area contributed by atoms with E-state index in [1.165, 1.54) is 11.3 Å². The molecule has 2 N–H and O–H groups in total. The molecule has 3 aromatic rings. The van der Waals surface area contributed by atoms with Gasteiger partial charge in [-0.05, 0) is 46.5 Å². The SMILES string of the molecule is O=C(NC(C(=O)N1CCC(C(=O)O)CC1)c1cccs1)OCC1c2ccccc2-c2ccccc21. The summed E-state index contributed by atoms with van der Waals surface area (Å²) in [4.78, 5) is 39.8. The van der Waals surface area contributed by atoms with Gasteiger partial charge in [0.2, 0.25) is 0 Å². The van der Waals surface area contributed by atoms with E-state index in [-0.39, 0.29) is 18.4 Å². The molecule has 1 aliphatic carbocycles. The maximum Gasteiger partial charge on any atom is 0.408 e. The Balaban J connectivity index is 1.27. The second kappa shape index (κ2) is 9.92. The fraction of sp³-hybridized carbons (Fsp3) is 0.296. The van der Waals surface area contributed by atoms with Crippen molar-refractivity contribution < 1.29 is 24.2 Å². The van der Waals surface area contributed by atoms with Crippen LogP contribution in [0.25, 0.3) is 11.1 Å². The van der Waals surface area contributed by atoms with Crippen LogP contribution in [0.15, 0.2) is 66.0 Å². The number of carboxylic acid groups (broad SMARTS) is 1. The third-order valence-electron chi connectivity index (χ3n) is 6.84. The highest BCUT2D eigenvalue weighted by Crippen LogP contribution is 2.44. The number of carbonyl (C=O) groups excluding carboxylic acids is 2. The van der Waals surface area contributed by atoms with Gasteiger partial charge in [0.1, 0.15) is 12.6 Å². The smallest absolute Gasteiger partial charge is 0.408 e. The third kappa shape index (κ3) is 4.66. The van der Waals surface area contributed by atoms with E-state index in [4.69, 9.17) is 4.74 Å². The van der Waals surface area contributed by atoms with Gasteiger partial charge in [-0.15, -0.1) is 11.3 Å². The molecule has 0 bridgehead atoms. The molecule has 1 atom stereocenters. The highest BCUT2D eigenvalue weighted by Gasteiger charge is 2.34. The summed E-state index contributed by atoms with van der Waals surface area (Å²) in [5.41, 5.74) is 4.53. The van der Waals surface area contributed by atoms with Crippen molar-refractivity contribution in [2.45, 2.75) is 24.8 Å². The minimum Gasteiger partial charge on any atom is -0.481 e. The van der Waals surface area contributed by atoms with E-state index < -0.39 is 24.0 Å². The fourth-order valence-electron chi connectivity index (χ4n) is 5.00.